The summed E-state index contributed by atoms with van der Waals surface area (Å²) in [4.78, 5) is 0. The maximum atomic E-state index is 9.50. The molecule has 1 aromatic rings. The molecule has 0 aliphatic heterocycles. The molecule has 0 fully saturated rings. The van der Waals surface area contributed by atoms with Crippen LogP contribution in [0.4, 0.5) is 0 Å². The minimum Gasteiger partial charge on any atom is -0.491 e. The summed E-state index contributed by atoms with van der Waals surface area (Å²) in [5, 5.41) is 12.8. The Hall–Kier alpha value is -1.06. The summed E-state index contributed by atoms with van der Waals surface area (Å²) in [6.45, 7) is 8.72. The normalized spacial score (nSPS) is 14.6. The van der Waals surface area contributed by atoms with Crippen LogP contribution in [0, 0.1) is 0 Å². The number of hydrogen-bond acceptors (Lipinski definition) is 3. The third-order valence-corrected chi connectivity index (χ3v) is 2.89. The Bertz CT molecular complexity index is 365. The average Bonchev–Trinajstić information content (AvgIpc) is 2.36. The van der Waals surface area contributed by atoms with E-state index in [0.29, 0.717) is 12.6 Å². The van der Waals surface area contributed by atoms with E-state index in [1.165, 1.54) is 5.56 Å². The predicted octanol–water partition coefficient (Wildman–Crippen LogP) is 2.38. The maximum Gasteiger partial charge on any atom is 0.122 e. The molecule has 0 radical (unpaired) electrons. The van der Waals surface area contributed by atoms with Crippen LogP contribution in [0.15, 0.2) is 24.3 Å². The van der Waals surface area contributed by atoms with Crippen LogP contribution in [0.5, 0.6) is 5.75 Å². The smallest absolute Gasteiger partial charge is 0.122 e. The van der Waals surface area contributed by atoms with Gasteiger partial charge in [0.15, 0.2) is 0 Å². The van der Waals surface area contributed by atoms with Crippen LogP contribution in [0.2, 0.25) is 0 Å². The van der Waals surface area contributed by atoms with Gasteiger partial charge in [0.05, 0.1) is 12.1 Å². The minimum atomic E-state index is -0.408. The molecule has 1 rings (SSSR count). The van der Waals surface area contributed by atoms with E-state index in [0.717, 1.165) is 12.2 Å². The van der Waals surface area contributed by atoms with Crippen molar-refractivity contribution >= 4 is 0 Å². The van der Waals surface area contributed by atoms with Crippen molar-refractivity contribution in [3.8, 4) is 5.75 Å². The second-order valence-electron chi connectivity index (χ2n) is 5.27. The molecular formula is C15H25NO2. The molecule has 0 saturated heterocycles. The third-order valence-electron chi connectivity index (χ3n) is 2.89. The Morgan fingerprint density at radius 1 is 1.33 bits per heavy atom. The van der Waals surface area contributed by atoms with Crippen LogP contribution in [0.1, 0.15) is 33.3 Å². The number of rotatable bonds is 7. The molecule has 0 heterocycles. The largest absolute Gasteiger partial charge is 0.491 e. The molecule has 0 amide bonds. The minimum absolute atomic E-state index is 0.0550. The van der Waals surface area contributed by atoms with Crippen molar-refractivity contribution in [2.45, 2.75) is 45.7 Å². The average molecular weight is 251 g/mol. The van der Waals surface area contributed by atoms with Crippen molar-refractivity contribution in [3.63, 3.8) is 0 Å². The Morgan fingerprint density at radius 2 is 2.00 bits per heavy atom. The van der Waals surface area contributed by atoms with Crippen molar-refractivity contribution in [1.82, 2.24) is 5.32 Å². The lowest BCUT2D eigenvalue weighted by molar-refractivity contribution is 0.108. The van der Waals surface area contributed by atoms with Gasteiger partial charge in [-0.25, -0.2) is 0 Å². The monoisotopic (exact) mass is 251 g/mol. The van der Waals surface area contributed by atoms with Gasteiger partial charge in [-0.2, -0.15) is 0 Å². The molecule has 2 N–H and O–H groups in total. The molecule has 3 nitrogen and oxygen atoms in total. The van der Waals surface area contributed by atoms with Crippen molar-refractivity contribution in [2.24, 2.45) is 0 Å². The maximum absolute atomic E-state index is 9.50. The van der Waals surface area contributed by atoms with E-state index in [1.54, 1.807) is 0 Å². The second-order valence-corrected chi connectivity index (χ2v) is 5.27. The van der Waals surface area contributed by atoms with E-state index >= 15 is 0 Å². The van der Waals surface area contributed by atoms with Crippen LogP contribution in [-0.4, -0.2) is 29.9 Å². The summed E-state index contributed by atoms with van der Waals surface area (Å²) in [7, 11) is 0. The van der Waals surface area contributed by atoms with E-state index in [9.17, 15) is 5.11 Å². The van der Waals surface area contributed by atoms with Gasteiger partial charge in [-0.1, -0.05) is 39.0 Å². The van der Waals surface area contributed by atoms with Gasteiger partial charge in [0.1, 0.15) is 12.4 Å². The highest BCUT2D eigenvalue weighted by atomic mass is 16.5. The van der Waals surface area contributed by atoms with Crippen LogP contribution in [0.25, 0.3) is 0 Å². The van der Waals surface area contributed by atoms with E-state index in [2.05, 4.69) is 32.2 Å². The molecule has 3 heteroatoms. The first-order chi connectivity index (χ1) is 8.50. The number of aryl methyl sites for hydroxylation is 1. The van der Waals surface area contributed by atoms with E-state index in [4.69, 9.17) is 4.74 Å². The summed E-state index contributed by atoms with van der Waals surface area (Å²) >= 11 is 0. The lowest BCUT2D eigenvalue weighted by Gasteiger charge is -2.31. The van der Waals surface area contributed by atoms with E-state index < -0.39 is 5.54 Å². The zero-order valence-corrected chi connectivity index (χ0v) is 11.9. The first-order valence-electron chi connectivity index (χ1n) is 6.60. The zero-order valence-electron chi connectivity index (χ0n) is 11.9. The van der Waals surface area contributed by atoms with Crippen molar-refractivity contribution < 1.29 is 9.84 Å². The van der Waals surface area contributed by atoms with Crippen molar-refractivity contribution in [2.75, 3.05) is 13.2 Å². The van der Waals surface area contributed by atoms with Gasteiger partial charge in [-0.05, 0) is 25.0 Å². The Morgan fingerprint density at radius 3 is 2.56 bits per heavy atom. The molecule has 0 saturated carbocycles. The summed E-state index contributed by atoms with van der Waals surface area (Å²) in [6, 6.07) is 8.35. The number of nitrogens with one attached hydrogen (secondary N) is 1. The van der Waals surface area contributed by atoms with Crippen LogP contribution in [-0.2, 0) is 6.42 Å². The van der Waals surface area contributed by atoms with Gasteiger partial charge in [0, 0.05) is 6.04 Å². The number of ether oxygens (including phenoxy) is 1. The van der Waals surface area contributed by atoms with Gasteiger partial charge in [0.25, 0.3) is 0 Å². The Kier molecular flexibility index (Phi) is 5.63. The molecular weight excluding hydrogens is 226 g/mol. The summed E-state index contributed by atoms with van der Waals surface area (Å²) in [5.41, 5.74) is 0.789. The Labute approximate surface area is 110 Å². The zero-order chi connectivity index (χ0) is 13.6. The number of aliphatic hydroxyl groups excluding tert-OH is 1. The summed E-state index contributed by atoms with van der Waals surface area (Å²) in [6.07, 6.45) is 0.948. The molecule has 1 aromatic carbocycles. The first-order valence-corrected chi connectivity index (χ1v) is 6.60. The third kappa shape index (κ3) is 4.31. The van der Waals surface area contributed by atoms with Crippen molar-refractivity contribution in [1.29, 1.82) is 0 Å². The quantitative estimate of drug-likeness (QED) is 0.782. The standard InChI is InChI=1S/C15H25NO2/c1-5-13-8-6-7-9-14(13)18-11-15(4,10-17)16-12(2)3/h6-9,12,16-17H,5,10-11H2,1-4H3. The van der Waals surface area contributed by atoms with Gasteiger partial charge < -0.3 is 15.2 Å². The number of aliphatic hydroxyl groups is 1. The van der Waals surface area contributed by atoms with Gasteiger partial charge in [-0.15, -0.1) is 0 Å². The van der Waals surface area contributed by atoms with Gasteiger partial charge in [-0.3, -0.25) is 0 Å². The fourth-order valence-corrected chi connectivity index (χ4v) is 2.00. The molecule has 1 atom stereocenters. The fourth-order valence-electron chi connectivity index (χ4n) is 2.00. The lowest BCUT2D eigenvalue weighted by Crippen LogP contribution is -2.53. The molecule has 0 bridgehead atoms. The Balaban J connectivity index is 2.67. The highest BCUT2D eigenvalue weighted by Crippen LogP contribution is 2.19. The van der Waals surface area contributed by atoms with Crippen LogP contribution >= 0.6 is 0 Å². The topological polar surface area (TPSA) is 41.5 Å². The molecule has 0 aliphatic carbocycles. The predicted molar refractivity (Wildman–Crippen MR) is 75.1 cm³/mol. The SMILES string of the molecule is CCc1ccccc1OCC(C)(CO)NC(C)C. The highest BCUT2D eigenvalue weighted by Gasteiger charge is 2.25. The van der Waals surface area contributed by atoms with E-state index in [-0.39, 0.29) is 6.61 Å². The lowest BCUT2D eigenvalue weighted by atomic mass is 10.0. The van der Waals surface area contributed by atoms with Crippen LogP contribution < -0.4 is 10.1 Å². The molecule has 1 unspecified atom stereocenters. The number of hydrogen-bond donors (Lipinski definition) is 2. The molecule has 18 heavy (non-hydrogen) atoms. The number of para-hydroxylation sites is 1. The highest BCUT2D eigenvalue weighted by molar-refractivity contribution is 5.33. The van der Waals surface area contributed by atoms with Gasteiger partial charge >= 0.3 is 0 Å². The number of benzene rings is 1. The molecule has 0 aromatic heterocycles. The van der Waals surface area contributed by atoms with E-state index in [1.807, 2.05) is 25.1 Å². The van der Waals surface area contributed by atoms with Gasteiger partial charge in [0.2, 0.25) is 0 Å². The molecule has 0 spiro atoms. The summed E-state index contributed by atoms with van der Waals surface area (Å²) < 4.78 is 5.86. The summed E-state index contributed by atoms with van der Waals surface area (Å²) in [5.74, 6) is 0.908. The molecule has 102 valence electrons. The second kappa shape index (κ2) is 6.76. The van der Waals surface area contributed by atoms with Crippen LogP contribution in [0.3, 0.4) is 0 Å². The fraction of sp³-hybridized carbons (Fsp3) is 0.600. The first kappa shape index (κ1) is 15.0. The molecule has 0 aliphatic rings. The van der Waals surface area contributed by atoms with Crippen molar-refractivity contribution in [3.05, 3.63) is 29.8 Å².